The molecule has 0 aliphatic carbocycles. The van der Waals surface area contributed by atoms with Crippen molar-refractivity contribution in [3.63, 3.8) is 0 Å². The summed E-state index contributed by atoms with van der Waals surface area (Å²) in [6.07, 6.45) is 3.90. The third kappa shape index (κ3) is 5.61. The normalized spacial score (nSPS) is 9.79. The standard InChI is InChI=1S/C11H14N2O.C7H8O.C2H6/c1-7(2)14-9-4-5-12-11-10(9)8(3)6-13-11;1-6-2-4-7(8)5-3-6;1-2/h4-7H,1-3H3,(H,12,13);2-5,8H,1H3;1-2H3. The fraction of sp³-hybridized carbons (Fsp3) is 0.350. The molecular formula is C20H28N2O2. The van der Waals surface area contributed by atoms with E-state index in [1.54, 1.807) is 18.3 Å². The number of aryl methyl sites for hydroxylation is 2. The van der Waals surface area contributed by atoms with Gasteiger partial charge in [-0.25, -0.2) is 4.98 Å². The van der Waals surface area contributed by atoms with Gasteiger partial charge in [-0.05, 0) is 51.5 Å². The van der Waals surface area contributed by atoms with Crippen LogP contribution in [0.1, 0.15) is 38.8 Å². The van der Waals surface area contributed by atoms with Crippen molar-refractivity contribution in [3.05, 3.63) is 53.9 Å². The van der Waals surface area contributed by atoms with E-state index in [1.807, 2.05) is 65.9 Å². The lowest BCUT2D eigenvalue weighted by Crippen LogP contribution is -2.05. The number of phenolic OH excluding ortho intramolecular Hbond substituents is 1. The molecule has 0 spiro atoms. The summed E-state index contributed by atoms with van der Waals surface area (Å²) < 4.78 is 5.71. The fourth-order valence-corrected chi connectivity index (χ4v) is 2.08. The minimum atomic E-state index is 0.190. The van der Waals surface area contributed by atoms with Gasteiger partial charge in [-0.3, -0.25) is 0 Å². The van der Waals surface area contributed by atoms with E-state index >= 15 is 0 Å². The topological polar surface area (TPSA) is 58.1 Å². The zero-order valence-electron chi connectivity index (χ0n) is 15.4. The van der Waals surface area contributed by atoms with E-state index in [0.29, 0.717) is 5.75 Å². The number of aromatic hydroxyl groups is 1. The van der Waals surface area contributed by atoms with Gasteiger partial charge in [0, 0.05) is 12.4 Å². The first-order valence-electron chi connectivity index (χ1n) is 8.32. The van der Waals surface area contributed by atoms with E-state index in [9.17, 15) is 0 Å². The average Bonchev–Trinajstić information content (AvgIpc) is 2.95. The van der Waals surface area contributed by atoms with Crippen molar-refractivity contribution in [2.75, 3.05) is 0 Å². The van der Waals surface area contributed by atoms with Gasteiger partial charge in [0.05, 0.1) is 11.5 Å². The van der Waals surface area contributed by atoms with E-state index < -0.39 is 0 Å². The zero-order valence-corrected chi connectivity index (χ0v) is 15.4. The lowest BCUT2D eigenvalue weighted by Gasteiger charge is -2.10. The van der Waals surface area contributed by atoms with Crippen molar-refractivity contribution in [2.45, 2.75) is 47.6 Å². The maximum Gasteiger partial charge on any atom is 0.141 e. The molecule has 4 nitrogen and oxygen atoms in total. The molecule has 2 heterocycles. The van der Waals surface area contributed by atoms with E-state index in [-0.39, 0.29) is 6.10 Å². The molecule has 0 radical (unpaired) electrons. The number of aromatic amines is 1. The lowest BCUT2D eigenvalue weighted by molar-refractivity contribution is 0.245. The summed E-state index contributed by atoms with van der Waals surface area (Å²) in [4.78, 5) is 7.34. The molecule has 2 aromatic heterocycles. The number of ether oxygens (including phenoxy) is 1. The molecule has 0 atom stereocenters. The first-order chi connectivity index (χ1) is 11.5. The number of benzene rings is 1. The summed E-state index contributed by atoms with van der Waals surface area (Å²) in [6.45, 7) is 12.1. The minimum Gasteiger partial charge on any atom is -0.508 e. The zero-order chi connectivity index (χ0) is 18.1. The summed E-state index contributed by atoms with van der Waals surface area (Å²) in [6, 6.07) is 9.00. The molecule has 0 unspecified atom stereocenters. The van der Waals surface area contributed by atoms with Gasteiger partial charge in [-0.1, -0.05) is 31.5 Å². The maximum atomic E-state index is 8.76. The number of phenols is 1. The van der Waals surface area contributed by atoms with Crippen molar-refractivity contribution in [2.24, 2.45) is 0 Å². The Hall–Kier alpha value is -2.49. The summed E-state index contributed by atoms with van der Waals surface area (Å²) in [5, 5.41) is 9.84. The van der Waals surface area contributed by atoms with E-state index in [0.717, 1.165) is 16.8 Å². The Morgan fingerprint density at radius 2 is 1.67 bits per heavy atom. The van der Waals surface area contributed by atoms with Crippen LogP contribution in [0.25, 0.3) is 11.0 Å². The Balaban J connectivity index is 0.000000245. The second-order valence-corrected chi connectivity index (χ2v) is 5.51. The summed E-state index contributed by atoms with van der Waals surface area (Å²) in [5.41, 5.74) is 3.23. The molecule has 0 saturated carbocycles. The molecule has 0 bridgehead atoms. The number of nitrogens with zero attached hydrogens (tertiary/aromatic N) is 1. The monoisotopic (exact) mass is 328 g/mol. The molecule has 0 saturated heterocycles. The highest BCUT2D eigenvalue weighted by molar-refractivity contribution is 5.85. The maximum absolute atomic E-state index is 8.76. The number of hydrogen-bond donors (Lipinski definition) is 2. The van der Waals surface area contributed by atoms with Crippen LogP contribution in [0, 0.1) is 13.8 Å². The molecule has 3 rings (SSSR count). The van der Waals surface area contributed by atoms with Crippen LogP contribution in [-0.4, -0.2) is 21.2 Å². The number of hydrogen-bond acceptors (Lipinski definition) is 3. The van der Waals surface area contributed by atoms with Crippen molar-refractivity contribution in [1.29, 1.82) is 0 Å². The van der Waals surface area contributed by atoms with Crippen molar-refractivity contribution >= 4 is 11.0 Å². The van der Waals surface area contributed by atoms with E-state index in [1.165, 1.54) is 11.1 Å². The number of pyridine rings is 1. The average molecular weight is 328 g/mol. The van der Waals surface area contributed by atoms with Crippen LogP contribution in [0.2, 0.25) is 0 Å². The molecule has 0 amide bonds. The van der Waals surface area contributed by atoms with Crippen LogP contribution in [0.15, 0.2) is 42.7 Å². The van der Waals surface area contributed by atoms with Gasteiger partial charge >= 0.3 is 0 Å². The van der Waals surface area contributed by atoms with Gasteiger partial charge in [0.25, 0.3) is 0 Å². The Bertz CT molecular complexity index is 710. The molecule has 1 aromatic carbocycles. The van der Waals surface area contributed by atoms with Crippen LogP contribution in [-0.2, 0) is 0 Å². The van der Waals surface area contributed by atoms with Gasteiger partial charge in [0.15, 0.2) is 0 Å². The highest BCUT2D eigenvalue weighted by Gasteiger charge is 2.08. The number of fused-ring (bicyclic) bond motifs is 1. The molecule has 0 aliphatic heterocycles. The SMILES string of the molecule is CC.Cc1c[nH]c2nccc(OC(C)C)c12.Cc1ccc(O)cc1. The second-order valence-electron chi connectivity index (χ2n) is 5.51. The minimum absolute atomic E-state index is 0.190. The Labute approximate surface area is 144 Å². The van der Waals surface area contributed by atoms with Crippen molar-refractivity contribution < 1.29 is 9.84 Å². The summed E-state index contributed by atoms with van der Waals surface area (Å²) in [7, 11) is 0. The van der Waals surface area contributed by atoms with Crippen LogP contribution in [0.5, 0.6) is 11.5 Å². The fourth-order valence-electron chi connectivity index (χ4n) is 2.08. The molecular weight excluding hydrogens is 300 g/mol. The molecule has 0 aliphatic rings. The third-order valence-corrected chi connectivity index (χ3v) is 3.13. The highest BCUT2D eigenvalue weighted by Crippen LogP contribution is 2.27. The predicted octanol–water partition coefficient (Wildman–Crippen LogP) is 5.39. The largest absolute Gasteiger partial charge is 0.508 e. The molecule has 4 heteroatoms. The summed E-state index contributed by atoms with van der Waals surface area (Å²) >= 11 is 0. The number of aromatic nitrogens is 2. The van der Waals surface area contributed by atoms with Gasteiger partial charge in [0.1, 0.15) is 17.1 Å². The van der Waals surface area contributed by atoms with Gasteiger partial charge in [-0.15, -0.1) is 0 Å². The number of H-pyrrole nitrogens is 1. The van der Waals surface area contributed by atoms with Crippen LogP contribution in [0.3, 0.4) is 0 Å². The lowest BCUT2D eigenvalue weighted by atomic mass is 10.2. The van der Waals surface area contributed by atoms with E-state index in [2.05, 4.69) is 9.97 Å². The Morgan fingerprint density at radius 3 is 2.21 bits per heavy atom. The van der Waals surface area contributed by atoms with Crippen molar-refractivity contribution in [1.82, 2.24) is 9.97 Å². The predicted molar refractivity (Wildman–Crippen MR) is 101 cm³/mol. The number of nitrogens with one attached hydrogen (secondary N) is 1. The molecule has 0 fully saturated rings. The van der Waals surface area contributed by atoms with E-state index in [4.69, 9.17) is 9.84 Å². The van der Waals surface area contributed by atoms with Crippen LogP contribution < -0.4 is 4.74 Å². The van der Waals surface area contributed by atoms with Gasteiger partial charge < -0.3 is 14.8 Å². The quantitative estimate of drug-likeness (QED) is 0.663. The first kappa shape index (κ1) is 19.6. The second kappa shape index (κ2) is 9.60. The molecule has 3 aromatic rings. The molecule has 24 heavy (non-hydrogen) atoms. The van der Waals surface area contributed by atoms with Gasteiger partial charge in [-0.2, -0.15) is 0 Å². The van der Waals surface area contributed by atoms with Gasteiger partial charge in [0.2, 0.25) is 0 Å². The Morgan fingerprint density at radius 1 is 1.04 bits per heavy atom. The number of rotatable bonds is 2. The first-order valence-corrected chi connectivity index (χ1v) is 8.32. The highest BCUT2D eigenvalue weighted by atomic mass is 16.5. The molecule has 2 N–H and O–H groups in total. The van der Waals surface area contributed by atoms with Crippen LogP contribution >= 0.6 is 0 Å². The van der Waals surface area contributed by atoms with Crippen molar-refractivity contribution in [3.8, 4) is 11.5 Å². The third-order valence-electron chi connectivity index (χ3n) is 3.13. The van der Waals surface area contributed by atoms with Crippen LogP contribution in [0.4, 0.5) is 0 Å². The smallest absolute Gasteiger partial charge is 0.141 e. The Kier molecular flexibility index (Phi) is 7.83. The molecule has 130 valence electrons. The summed E-state index contributed by atoms with van der Waals surface area (Å²) in [5.74, 6) is 1.24.